The standard InChI is InChI=1S/C18H24N4O.ClH/c1-12-6-4-5-7-15(12)16-11-17(22(3)21-16)20-18(23)14-8-9-19-13(2)10-14;/h4-7,11,13-14,19H,8-10H2,1-3H3,(H,20,23);1H/t13-,14-;/m0./s1. The van der Waals surface area contributed by atoms with Crippen molar-refractivity contribution in [3.63, 3.8) is 0 Å². The van der Waals surface area contributed by atoms with Crippen LogP contribution in [0.1, 0.15) is 25.3 Å². The molecule has 0 bridgehead atoms. The van der Waals surface area contributed by atoms with Crippen LogP contribution in [0.15, 0.2) is 30.3 Å². The van der Waals surface area contributed by atoms with E-state index in [-0.39, 0.29) is 24.2 Å². The van der Waals surface area contributed by atoms with E-state index in [1.807, 2.05) is 25.2 Å². The lowest BCUT2D eigenvalue weighted by molar-refractivity contribution is -0.120. The predicted molar refractivity (Wildman–Crippen MR) is 99.4 cm³/mol. The van der Waals surface area contributed by atoms with Crippen molar-refractivity contribution < 1.29 is 4.79 Å². The molecule has 24 heavy (non-hydrogen) atoms. The number of anilines is 1. The van der Waals surface area contributed by atoms with Crippen LogP contribution in [0.4, 0.5) is 5.82 Å². The van der Waals surface area contributed by atoms with Gasteiger partial charge in [0.15, 0.2) is 0 Å². The van der Waals surface area contributed by atoms with E-state index in [1.165, 1.54) is 5.56 Å². The topological polar surface area (TPSA) is 59.0 Å². The van der Waals surface area contributed by atoms with Gasteiger partial charge in [0.25, 0.3) is 0 Å². The lowest BCUT2D eigenvalue weighted by atomic mass is 9.92. The molecule has 1 aliphatic heterocycles. The fourth-order valence-electron chi connectivity index (χ4n) is 3.17. The summed E-state index contributed by atoms with van der Waals surface area (Å²) >= 11 is 0. The second-order valence-corrected chi connectivity index (χ2v) is 6.42. The fraction of sp³-hybridized carbons (Fsp3) is 0.444. The van der Waals surface area contributed by atoms with E-state index in [2.05, 4.69) is 41.7 Å². The number of nitrogens with one attached hydrogen (secondary N) is 2. The Labute approximate surface area is 149 Å². The number of amides is 1. The minimum atomic E-state index is 0. The fourth-order valence-corrected chi connectivity index (χ4v) is 3.17. The number of rotatable bonds is 3. The van der Waals surface area contributed by atoms with Crippen LogP contribution in [0.25, 0.3) is 11.3 Å². The molecule has 1 aliphatic rings. The molecule has 2 aromatic rings. The third-order valence-corrected chi connectivity index (χ3v) is 4.55. The monoisotopic (exact) mass is 348 g/mol. The maximum Gasteiger partial charge on any atom is 0.228 e. The van der Waals surface area contributed by atoms with Gasteiger partial charge in [-0.15, -0.1) is 12.4 Å². The van der Waals surface area contributed by atoms with Crippen LogP contribution in [0.2, 0.25) is 0 Å². The van der Waals surface area contributed by atoms with Crippen molar-refractivity contribution in [1.82, 2.24) is 15.1 Å². The van der Waals surface area contributed by atoms with Gasteiger partial charge < -0.3 is 10.6 Å². The molecule has 0 saturated carbocycles. The SMILES string of the molecule is Cc1ccccc1-c1cc(NC(=O)[C@H]2CCN[C@@H](C)C2)n(C)n1.Cl. The Kier molecular flexibility index (Phi) is 6.02. The molecule has 0 radical (unpaired) electrons. The highest BCUT2D eigenvalue weighted by molar-refractivity contribution is 5.92. The summed E-state index contributed by atoms with van der Waals surface area (Å²) in [5.41, 5.74) is 3.16. The van der Waals surface area contributed by atoms with Crippen LogP contribution in [0.5, 0.6) is 0 Å². The zero-order valence-electron chi connectivity index (χ0n) is 14.4. The average Bonchev–Trinajstić information content (AvgIpc) is 2.88. The third kappa shape index (κ3) is 3.97. The van der Waals surface area contributed by atoms with Crippen molar-refractivity contribution >= 4 is 24.1 Å². The number of hydrogen-bond donors (Lipinski definition) is 2. The van der Waals surface area contributed by atoms with Gasteiger partial charge in [-0.3, -0.25) is 9.48 Å². The quantitative estimate of drug-likeness (QED) is 0.895. The van der Waals surface area contributed by atoms with Crippen molar-refractivity contribution in [2.45, 2.75) is 32.7 Å². The number of hydrogen-bond acceptors (Lipinski definition) is 3. The zero-order valence-corrected chi connectivity index (χ0v) is 15.2. The van der Waals surface area contributed by atoms with Gasteiger partial charge in [-0.2, -0.15) is 5.10 Å². The second-order valence-electron chi connectivity index (χ2n) is 6.42. The van der Waals surface area contributed by atoms with E-state index in [9.17, 15) is 4.79 Å². The van der Waals surface area contributed by atoms with E-state index < -0.39 is 0 Å². The summed E-state index contributed by atoms with van der Waals surface area (Å²) in [7, 11) is 1.86. The van der Waals surface area contributed by atoms with Crippen LogP contribution in [-0.4, -0.2) is 28.3 Å². The number of carbonyl (C=O) groups is 1. The zero-order chi connectivity index (χ0) is 16.4. The first-order valence-electron chi connectivity index (χ1n) is 8.19. The van der Waals surface area contributed by atoms with Gasteiger partial charge in [0.1, 0.15) is 5.82 Å². The van der Waals surface area contributed by atoms with Crippen LogP contribution in [0, 0.1) is 12.8 Å². The smallest absolute Gasteiger partial charge is 0.228 e. The Bertz CT molecular complexity index is 713. The molecule has 0 spiro atoms. The summed E-state index contributed by atoms with van der Waals surface area (Å²) in [6.45, 7) is 5.09. The maximum absolute atomic E-state index is 12.5. The van der Waals surface area contributed by atoms with Crippen molar-refractivity contribution in [2.75, 3.05) is 11.9 Å². The van der Waals surface area contributed by atoms with Crippen LogP contribution >= 0.6 is 12.4 Å². The number of aryl methyl sites for hydroxylation is 2. The first-order chi connectivity index (χ1) is 11.0. The lowest BCUT2D eigenvalue weighted by Crippen LogP contribution is -2.40. The van der Waals surface area contributed by atoms with Gasteiger partial charge in [0, 0.05) is 30.6 Å². The van der Waals surface area contributed by atoms with Crippen LogP contribution in [0.3, 0.4) is 0 Å². The molecule has 1 aromatic carbocycles. The predicted octanol–water partition coefficient (Wildman–Crippen LogP) is 3.14. The number of benzene rings is 1. The molecular weight excluding hydrogens is 324 g/mol. The molecule has 2 N–H and O–H groups in total. The van der Waals surface area contributed by atoms with Crippen molar-refractivity contribution in [3.05, 3.63) is 35.9 Å². The molecule has 6 heteroatoms. The highest BCUT2D eigenvalue weighted by Crippen LogP contribution is 2.25. The third-order valence-electron chi connectivity index (χ3n) is 4.55. The Balaban J connectivity index is 0.00000208. The van der Waals surface area contributed by atoms with Crippen LogP contribution < -0.4 is 10.6 Å². The molecule has 0 unspecified atom stereocenters. The summed E-state index contributed by atoms with van der Waals surface area (Å²) in [6, 6.07) is 10.5. The van der Waals surface area contributed by atoms with Crippen molar-refractivity contribution in [1.29, 1.82) is 0 Å². The van der Waals surface area contributed by atoms with E-state index in [0.29, 0.717) is 6.04 Å². The van der Waals surface area contributed by atoms with Gasteiger partial charge in [-0.1, -0.05) is 24.3 Å². The second kappa shape index (κ2) is 7.81. The van der Waals surface area contributed by atoms with Gasteiger partial charge in [0.2, 0.25) is 5.91 Å². The molecule has 1 fully saturated rings. The molecule has 2 atom stereocenters. The highest BCUT2D eigenvalue weighted by Gasteiger charge is 2.25. The largest absolute Gasteiger partial charge is 0.314 e. The Hall–Kier alpha value is -1.85. The Morgan fingerprint density at radius 1 is 1.38 bits per heavy atom. The summed E-state index contributed by atoms with van der Waals surface area (Å²) in [4.78, 5) is 12.5. The van der Waals surface area contributed by atoms with Crippen molar-refractivity contribution in [3.8, 4) is 11.3 Å². The van der Waals surface area contributed by atoms with E-state index >= 15 is 0 Å². The molecule has 1 amide bonds. The van der Waals surface area contributed by atoms with Gasteiger partial charge in [-0.25, -0.2) is 0 Å². The summed E-state index contributed by atoms with van der Waals surface area (Å²) in [5.74, 6) is 0.917. The first-order valence-corrected chi connectivity index (χ1v) is 8.19. The minimum Gasteiger partial charge on any atom is -0.314 e. The van der Waals surface area contributed by atoms with E-state index in [1.54, 1.807) is 4.68 Å². The average molecular weight is 349 g/mol. The Morgan fingerprint density at radius 2 is 2.12 bits per heavy atom. The van der Waals surface area contributed by atoms with Gasteiger partial charge in [0.05, 0.1) is 5.69 Å². The molecule has 1 saturated heterocycles. The van der Waals surface area contributed by atoms with Gasteiger partial charge in [-0.05, 0) is 38.8 Å². The molecule has 130 valence electrons. The molecule has 3 rings (SSSR count). The van der Waals surface area contributed by atoms with Gasteiger partial charge >= 0.3 is 0 Å². The molecule has 2 heterocycles. The lowest BCUT2D eigenvalue weighted by Gasteiger charge is -2.26. The number of piperidine rings is 1. The summed E-state index contributed by atoms with van der Waals surface area (Å²) in [5, 5.41) is 11.0. The number of nitrogens with zero attached hydrogens (tertiary/aromatic N) is 2. The van der Waals surface area contributed by atoms with Crippen molar-refractivity contribution in [2.24, 2.45) is 13.0 Å². The van der Waals surface area contributed by atoms with E-state index in [4.69, 9.17) is 0 Å². The number of carbonyl (C=O) groups excluding carboxylic acids is 1. The molecule has 0 aliphatic carbocycles. The number of halogens is 1. The Morgan fingerprint density at radius 3 is 2.83 bits per heavy atom. The molecular formula is C18H25ClN4O. The molecule has 1 aromatic heterocycles. The summed E-state index contributed by atoms with van der Waals surface area (Å²) in [6.07, 6.45) is 1.77. The summed E-state index contributed by atoms with van der Waals surface area (Å²) < 4.78 is 1.74. The number of aromatic nitrogens is 2. The normalized spacial score (nSPS) is 20.3. The minimum absolute atomic E-state index is 0. The van der Waals surface area contributed by atoms with E-state index in [0.717, 1.165) is 36.5 Å². The molecule has 5 nitrogen and oxygen atoms in total. The first kappa shape index (κ1) is 18.5. The van der Waals surface area contributed by atoms with Crippen LogP contribution in [-0.2, 0) is 11.8 Å². The maximum atomic E-state index is 12.5. The highest BCUT2D eigenvalue weighted by atomic mass is 35.5.